The molecule has 2 fully saturated rings. The Morgan fingerprint density at radius 2 is 0.938 bits per heavy atom. The van der Waals surface area contributed by atoms with Crippen LogP contribution in [-0.2, 0) is 0 Å². The van der Waals surface area contributed by atoms with Gasteiger partial charge in [0.15, 0.2) is 0 Å². The summed E-state index contributed by atoms with van der Waals surface area (Å²) in [6.45, 7) is 0. The van der Waals surface area contributed by atoms with E-state index < -0.39 is 0 Å². The SMILES string of the molecule is c1cc2c3c(cccc3c1)-c1c-2c(C2CCCCC2)c2ccccc2c1C1CCCCC1. The van der Waals surface area contributed by atoms with Gasteiger partial charge in [-0.1, -0.05) is 99.2 Å². The number of hydrogen-bond donors (Lipinski definition) is 0. The van der Waals surface area contributed by atoms with E-state index in [2.05, 4.69) is 60.7 Å². The summed E-state index contributed by atoms with van der Waals surface area (Å²) in [4.78, 5) is 0. The molecule has 0 heterocycles. The molecule has 3 aliphatic carbocycles. The lowest BCUT2D eigenvalue weighted by Crippen LogP contribution is -2.11. The molecule has 32 heavy (non-hydrogen) atoms. The second-order valence-electron chi connectivity index (χ2n) is 10.5. The van der Waals surface area contributed by atoms with E-state index in [1.807, 2.05) is 0 Å². The van der Waals surface area contributed by atoms with Crippen molar-refractivity contribution in [3.8, 4) is 22.3 Å². The Labute approximate surface area is 191 Å². The highest BCUT2D eigenvalue weighted by atomic mass is 14.4. The van der Waals surface area contributed by atoms with Gasteiger partial charge in [-0.2, -0.15) is 0 Å². The van der Waals surface area contributed by atoms with Gasteiger partial charge in [0.25, 0.3) is 0 Å². The van der Waals surface area contributed by atoms with Crippen molar-refractivity contribution in [2.24, 2.45) is 0 Å². The Morgan fingerprint density at radius 3 is 1.41 bits per heavy atom. The quantitative estimate of drug-likeness (QED) is 0.268. The molecule has 0 unspecified atom stereocenters. The smallest absolute Gasteiger partial charge is 0.00262 e. The lowest BCUT2D eigenvalue weighted by Gasteiger charge is -2.31. The largest absolute Gasteiger partial charge is 0.0616 e. The van der Waals surface area contributed by atoms with Gasteiger partial charge in [-0.05, 0) is 92.4 Å². The fraction of sp³-hybridized carbons (Fsp3) is 0.375. The van der Waals surface area contributed by atoms with Crippen molar-refractivity contribution < 1.29 is 0 Å². The van der Waals surface area contributed by atoms with Crippen LogP contribution in [0, 0.1) is 0 Å². The van der Waals surface area contributed by atoms with Gasteiger partial charge in [-0.3, -0.25) is 0 Å². The average molecular weight is 417 g/mol. The maximum Gasteiger partial charge on any atom is -0.00262 e. The number of hydrogen-bond acceptors (Lipinski definition) is 0. The number of benzene rings is 4. The summed E-state index contributed by atoms with van der Waals surface area (Å²) in [7, 11) is 0. The molecule has 0 spiro atoms. The van der Waals surface area contributed by atoms with E-state index in [0.29, 0.717) is 11.8 Å². The highest BCUT2D eigenvalue weighted by Gasteiger charge is 2.34. The van der Waals surface area contributed by atoms with E-state index >= 15 is 0 Å². The fourth-order valence-electron chi connectivity index (χ4n) is 7.44. The average Bonchev–Trinajstić information content (AvgIpc) is 3.19. The van der Waals surface area contributed by atoms with Gasteiger partial charge in [-0.15, -0.1) is 0 Å². The van der Waals surface area contributed by atoms with Crippen molar-refractivity contribution in [2.45, 2.75) is 76.0 Å². The Hall–Kier alpha value is -2.60. The molecule has 0 amide bonds. The van der Waals surface area contributed by atoms with Gasteiger partial charge in [0, 0.05) is 0 Å². The molecule has 7 rings (SSSR count). The first-order chi connectivity index (χ1) is 15.9. The minimum atomic E-state index is 0.701. The van der Waals surface area contributed by atoms with E-state index in [1.165, 1.54) is 86.1 Å². The molecule has 0 heteroatoms. The summed E-state index contributed by atoms with van der Waals surface area (Å²) in [6, 6.07) is 23.5. The summed E-state index contributed by atoms with van der Waals surface area (Å²) in [6.07, 6.45) is 13.8. The highest BCUT2D eigenvalue weighted by molar-refractivity contribution is 6.20. The third kappa shape index (κ3) is 2.68. The minimum Gasteiger partial charge on any atom is -0.0616 e. The van der Waals surface area contributed by atoms with Crippen LogP contribution < -0.4 is 0 Å². The molecule has 0 radical (unpaired) electrons. The summed E-state index contributed by atoms with van der Waals surface area (Å²) >= 11 is 0. The predicted octanol–water partition coefficient (Wildman–Crippen LogP) is 9.74. The molecule has 0 nitrogen and oxygen atoms in total. The van der Waals surface area contributed by atoms with Crippen molar-refractivity contribution in [1.82, 2.24) is 0 Å². The minimum absolute atomic E-state index is 0.701. The van der Waals surface area contributed by atoms with E-state index in [-0.39, 0.29) is 0 Å². The maximum absolute atomic E-state index is 2.45. The van der Waals surface area contributed by atoms with Crippen molar-refractivity contribution in [3.05, 3.63) is 71.8 Å². The van der Waals surface area contributed by atoms with Crippen LogP contribution in [0.2, 0.25) is 0 Å². The van der Waals surface area contributed by atoms with Crippen LogP contribution in [0.15, 0.2) is 60.7 Å². The van der Waals surface area contributed by atoms with Gasteiger partial charge >= 0.3 is 0 Å². The second-order valence-corrected chi connectivity index (χ2v) is 10.5. The van der Waals surface area contributed by atoms with E-state index in [1.54, 1.807) is 33.0 Å². The Kier molecular flexibility index (Phi) is 4.42. The van der Waals surface area contributed by atoms with Crippen LogP contribution in [0.5, 0.6) is 0 Å². The van der Waals surface area contributed by atoms with Crippen LogP contribution >= 0.6 is 0 Å². The molecule has 4 aromatic carbocycles. The van der Waals surface area contributed by atoms with E-state index in [9.17, 15) is 0 Å². The van der Waals surface area contributed by atoms with Crippen LogP contribution in [0.4, 0.5) is 0 Å². The molecule has 3 aliphatic rings. The molecule has 0 bridgehead atoms. The summed E-state index contributed by atoms with van der Waals surface area (Å²) in [5.41, 5.74) is 9.61. The van der Waals surface area contributed by atoms with E-state index in [4.69, 9.17) is 0 Å². The lowest BCUT2D eigenvalue weighted by atomic mass is 9.73. The van der Waals surface area contributed by atoms with Gasteiger partial charge < -0.3 is 0 Å². The maximum atomic E-state index is 2.45. The zero-order chi connectivity index (χ0) is 21.1. The van der Waals surface area contributed by atoms with Crippen molar-refractivity contribution >= 4 is 21.5 Å². The van der Waals surface area contributed by atoms with E-state index in [0.717, 1.165) is 0 Å². The third-order valence-corrected chi connectivity index (χ3v) is 8.77. The second kappa shape index (κ2) is 7.48. The molecule has 2 saturated carbocycles. The third-order valence-electron chi connectivity index (χ3n) is 8.77. The van der Waals surface area contributed by atoms with Crippen molar-refractivity contribution in [2.75, 3.05) is 0 Å². The zero-order valence-corrected chi connectivity index (χ0v) is 19.0. The monoisotopic (exact) mass is 416 g/mol. The zero-order valence-electron chi connectivity index (χ0n) is 19.0. The van der Waals surface area contributed by atoms with Gasteiger partial charge in [-0.25, -0.2) is 0 Å². The van der Waals surface area contributed by atoms with Crippen molar-refractivity contribution in [1.29, 1.82) is 0 Å². The first-order valence-corrected chi connectivity index (χ1v) is 13.0. The van der Waals surface area contributed by atoms with Gasteiger partial charge in [0.05, 0.1) is 0 Å². The molecule has 0 aliphatic heterocycles. The van der Waals surface area contributed by atoms with Crippen LogP contribution in [0.3, 0.4) is 0 Å². The van der Waals surface area contributed by atoms with Crippen LogP contribution in [0.25, 0.3) is 43.8 Å². The summed E-state index contributed by atoms with van der Waals surface area (Å²) in [5.74, 6) is 1.40. The normalized spacial score (nSPS) is 19.0. The topological polar surface area (TPSA) is 0 Å². The van der Waals surface area contributed by atoms with Crippen molar-refractivity contribution in [3.63, 3.8) is 0 Å². The molecule has 0 atom stereocenters. The number of fused-ring (bicyclic) bond motifs is 4. The first-order valence-electron chi connectivity index (χ1n) is 13.0. The Morgan fingerprint density at radius 1 is 0.469 bits per heavy atom. The molecule has 160 valence electrons. The lowest BCUT2D eigenvalue weighted by molar-refractivity contribution is 0.443. The summed E-state index contributed by atoms with van der Waals surface area (Å²) in [5, 5.41) is 6.03. The summed E-state index contributed by atoms with van der Waals surface area (Å²) < 4.78 is 0. The van der Waals surface area contributed by atoms with Gasteiger partial charge in [0.1, 0.15) is 0 Å². The molecule has 0 saturated heterocycles. The first kappa shape index (κ1) is 18.9. The highest BCUT2D eigenvalue weighted by Crippen LogP contribution is 2.57. The van der Waals surface area contributed by atoms with Crippen LogP contribution in [0.1, 0.15) is 87.2 Å². The van der Waals surface area contributed by atoms with Crippen LogP contribution in [-0.4, -0.2) is 0 Å². The molecule has 0 N–H and O–H groups in total. The Balaban J connectivity index is 1.64. The molecular weight excluding hydrogens is 384 g/mol. The standard InChI is InChI=1S/C32H32/c1-3-11-22(12-4-1)29-24-17-7-8-18-25(24)30(23-13-5-2-6-14-23)32-27-20-10-16-21-15-9-19-26(28(21)27)31(29)32/h7-10,15-20,22-23H,1-6,11-14H2. The Bertz CT molecular complexity index is 1230. The fourth-order valence-corrected chi connectivity index (χ4v) is 7.44. The molecule has 4 aromatic rings. The van der Waals surface area contributed by atoms with Gasteiger partial charge in [0.2, 0.25) is 0 Å². The molecular formula is C32H32. The number of rotatable bonds is 2. The molecule has 0 aromatic heterocycles. The predicted molar refractivity (Wildman–Crippen MR) is 138 cm³/mol.